The van der Waals surface area contributed by atoms with Crippen molar-refractivity contribution in [3.05, 3.63) is 12.4 Å². The highest BCUT2D eigenvalue weighted by atomic mass is 35.5. The van der Waals surface area contributed by atoms with E-state index in [0.717, 1.165) is 0 Å². The fraction of sp³-hybridized carbons (Fsp3) is 0.500. The number of alkyl halides is 3. The summed E-state index contributed by atoms with van der Waals surface area (Å²) in [6, 6.07) is 0. The average Bonchev–Trinajstić information content (AvgIpc) is 2.29. The Balaban J connectivity index is 2.49. The van der Waals surface area contributed by atoms with Gasteiger partial charge in [-0.1, -0.05) is 0 Å². The first kappa shape index (κ1) is 9.25. The number of nitrogen functional groups attached to an aromatic ring is 1. The lowest BCUT2D eigenvalue weighted by molar-refractivity contribution is 0.0810. The first-order valence-corrected chi connectivity index (χ1v) is 3.70. The predicted octanol–water partition coefficient (Wildman–Crippen LogP) is 1.69. The number of rotatable bonds is 3. The molecule has 0 unspecified atom stereocenters. The molecule has 0 amide bonds. The molecule has 0 atom stereocenters. The molecule has 0 spiro atoms. The van der Waals surface area contributed by atoms with Gasteiger partial charge in [0.15, 0.2) is 5.95 Å². The molecule has 0 saturated heterocycles. The zero-order chi connectivity index (χ0) is 9.19. The molecule has 12 heavy (non-hydrogen) atoms. The van der Waals surface area contributed by atoms with Gasteiger partial charge < -0.3 is 10.3 Å². The number of halogens is 3. The third kappa shape index (κ3) is 2.65. The molecular weight excluding hydrogens is 188 g/mol. The van der Waals surface area contributed by atoms with Crippen molar-refractivity contribution in [2.75, 3.05) is 5.73 Å². The van der Waals surface area contributed by atoms with Crippen molar-refractivity contribution in [1.82, 2.24) is 9.55 Å². The molecule has 2 N–H and O–H groups in total. The Hall–Kier alpha value is -0.840. The first-order valence-electron chi connectivity index (χ1n) is 3.32. The molecule has 68 valence electrons. The number of anilines is 1. The summed E-state index contributed by atoms with van der Waals surface area (Å²) < 4.78 is 25.7. The lowest BCUT2D eigenvalue weighted by Gasteiger charge is -2.08. The summed E-state index contributed by atoms with van der Waals surface area (Å²) in [6.07, 6.45) is 2.52. The highest BCUT2D eigenvalue weighted by molar-refractivity contribution is 6.21. The van der Waals surface area contributed by atoms with Crippen molar-refractivity contribution in [1.29, 1.82) is 0 Å². The minimum absolute atomic E-state index is 0.0718. The Morgan fingerprint density at radius 3 is 2.75 bits per heavy atom. The fourth-order valence-electron chi connectivity index (χ4n) is 0.777. The van der Waals surface area contributed by atoms with E-state index in [4.69, 9.17) is 17.3 Å². The standard InChI is InChI=1S/C6H8ClF2N3/c7-6(8,9)1-3-12-4-2-11-5(12)10/h2,4H,1,3H2,(H2,10,11). The molecule has 0 aliphatic rings. The maximum atomic E-state index is 12.1. The Kier molecular flexibility index (Phi) is 2.52. The van der Waals surface area contributed by atoms with Gasteiger partial charge in [0.05, 0.1) is 0 Å². The number of hydrogen-bond acceptors (Lipinski definition) is 2. The molecule has 0 fully saturated rings. The molecule has 0 bridgehead atoms. The van der Waals surface area contributed by atoms with Crippen LogP contribution in [0.3, 0.4) is 0 Å². The third-order valence-corrected chi connectivity index (χ3v) is 1.57. The van der Waals surface area contributed by atoms with Crippen LogP contribution in [0.5, 0.6) is 0 Å². The molecule has 1 aromatic rings. The van der Waals surface area contributed by atoms with Crippen molar-refractivity contribution in [3.63, 3.8) is 0 Å². The Labute approximate surface area is 73.1 Å². The SMILES string of the molecule is Nc1nccn1CCC(F)(F)Cl. The molecule has 0 aliphatic heterocycles. The van der Waals surface area contributed by atoms with Gasteiger partial charge in [0, 0.05) is 25.4 Å². The van der Waals surface area contributed by atoms with Crippen LogP contribution < -0.4 is 5.73 Å². The van der Waals surface area contributed by atoms with Crippen molar-refractivity contribution >= 4 is 17.5 Å². The topological polar surface area (TPSA) is 43.8 Å². The van der Waals surface area contributed by atoms with E-state index >= 15 is 0 Å². The van der Waals surface area contributed by atoms with Gasteiger partial charge in [-0.15, -0.1) is 0 Å². The summed E-state index contributed by atoms with van der Waals surface area (Å²) in [4.78, 5) is 3.67. The normalized spacial score (nSPS) is 11.9. The van der Waals surface area contributed by atoms with Crippen molar-refractivity contribution in [2.24, 2.45) is 0 Å². The summed E-state index contributed by atoms with van der Waals surface area (Å²) >= 11 is 4.69. The van der Waals surface area contributed by atoms with Crippen LogP contribution in [0.1, 0.15) is 6.42 Å². The quantitative estimate of drug-likeness (QED) is 0.746. The summed E-state index contributed by atoms with van der Waals surface area (Å²) in [5.74, 6) is 0.218. The van der Waals surface area contributed by atoms with Crippen LogP contribution in [-0.4, -0.2) is 14.9 Å². The Morgan fingerprint density at radius 2 is 2.33 bits per heavy atom. The van der Waals surface area contributed by atoms with E-state index in [1.807, 2.05) is 0 Å². The lowest BCUT2D eigenvalue weighted by atomic mass is 10.4. The predicted molar refractivity (Wildman–Crippen MR) is 42.1 cm³/mol. The third-order valence-electron chi connectivity index (χ3n) is 1.38. The number of imidazole rings is 1. The molecule has 1 rings (SSSR count). The number of nitrogens with two attached hydrogens (primary N) is 1. The van der Waals surface area contributed by atoms with Crippen LogP contribution in [0.2, 0.25) is 0 Å². The maximum absolute atomic E-state index is 12.1. The van der Waals surface area contributed by atoms with Gasteiger partial charge in [-0.2, -0.15) is 8.78 Å². The Morgan fingerprint density at radius 1 is 1.67 bits per heavy atom. The van der Waals surface area contributed by atoms with Crippen LogP contribution in [0.4, 0.5) is 14.7 Å². The second kappa shape index (κ2) is 3.26. The molecule has 6 heteroatoms. The first-order chi connectivity index (χ1) is 5.49. The molecular formula is C6H8ClF2N3. The van der Waals surface area contributed by atoms with Gasteiger partial charge in [0.1, 0.15) is 0 Å². The van der Waals surface area contributed by atoms with Gasteiger partial charge in [0.2, 0.25) is 0 Å². The van der Waals surface area contributed by atoms with Crippen LogP contribution in [0, 0.1) is 0 Å². The number of nitrogens with zero attached hydrogens (tertiary/aromatic N) is 2. The van der Waals surface area contributed by atoms with Crippen LogP contribution in [0.25, 0.3) is 0 Å². The van der Waals surface area contributed by atoms with Crippen molar-refractivity contribution < 1.29 is 8.78 Å². The summed E-state index contributed by atoms with van der Waals surface area (Å²) in [5.41, 5.74) is 5.33. The molecule has 0 radical (unpaired) electrons. The molecule has 3 nitrogen and oxygen atoms in total. The van der Waals surface area contributed by atoms with Crippen LogP contribution in [-0.2, 0) is 6.54 Å². The zero-order valence-electron chi connectivity index (χ0n) is 6.17. The van der Waals surface area contributed by atoms with Crippen molar-refractivity contribution in [2.45, 2.75) is 18.3 Å². The second-order valence-electron chi connectivity index (χ2n) is 2.34. The van der Waals surface area contributed by atoms with Crippen molar-refractivity contribution in [3.8, 4) is 0 Å². The average molecular weight is 196 g/mol. The molecule has 0 saturated carbocycles. The van der Waals surface area contributed by atoms with E-state index in [1.54, 1.807) is 0 Å². The molecule has 0 aliphatic carbocycles. The highest BCUT2D eigenvalue weighted by Crippen LogP contribution is 2.24. The molecule has 1 heterocycles. The second-order valence-corrected chi connectivity index (χ2v) is 2.90. The minimum Gasteiger partial charge on any atom is -0.369 e. The van der Waals surface area contributed by atoms with Gasteiger partial charge in [-0.05, 0) is 11.6 Å². The summed E-state index contributed by atoms with van der Waals surface area (Å²) in [5, 5.41) is -3.17. The van der Waals surface area contributed by atoms with E-state index in [2.05, 4.69) is 4.98 Å². The lowest BCUT2D eigenvalue weighted by Crippen LogP contribution is -2.12. The largest absolute Gasteiger partial charge is 0.369 e. The minimum atomic E-state index is -3.17. The number of hydrogen-bond donors (Lipinski definition) is 1. The van der Waals surface area contributed by atoms with Gasteiger partial charge in [-0.3, -0.25) is 0 Å². The van der Waals surface area contributed by atoms with E-state index in [-0.39, 0.29) is 12.5 Å². The van der Waals surface area contributed by atoms with Gasteiger partial charge in [0.25, 0.3) is 0 Å². The fourth-order valence-corrected chi connectivity index (χ4v) is 0.862. The maximum Gasteiger partial charge on any atom is 0.323 e. The highest BCUT2D eigenvalue weighted by Gasteiger charge is 2.24. The monoisotopic (exact) mass is 195 g/mol. The summed E-state index contributed by atoms with van der Waals surface area (Å²) in [6.45, 7) is 0.0718. The van der Waals surface area contributed by atoms with E-state index in [0.29, 0.717) is 0 Å². The molecule has 0 aromatic carbocycles. The number of aromatic nitrogens is 2. The smallest absolute Gasteiger partial charge is 0.323 e. The van der Waals surface area contributed by atoms with E-state index in [9.17, 15) is 8.78 Å². The zero-order valence-corrected chi connectivity index (χ0v) is 6.93. The molecule has 1 aromatic heterocycles. The summed E-state index contributed by atoms with van der Waals surface area (Å²) in [7, 11) is 0. The van der Waals surface area contributed by atoms with Gasteiger partial charge >= 0.3 is 5.38 Å². The van der Waals surface area contributed by atoms with Gasteiger partial charge in [-0.25, -0.2) is 4.98 Å². The number of aryl methyl sites for hydroxylation is 1. The van der Waals surface area contributed by atoms with E-state index < -0.39 is 11.8 Å². The van der Waals surface area contributed by atoms with E-state index in [1.165, 1.54) is 17.0 Å². The Bertz CT molecular complexity index is 256. The van der Waals surface area contributed by atoms with Crippen LogP contribution >= 0.6 is 11.6 Å². The van der Waals surface area contributed by atoms with Crippen LogP contribution in [0.15, 0.2) is 12.4 Å².